The first kappa shape index (κ1) is 16.5. The summed E-state index contributed by atoms with van der Waals surface area (Å²) in [6, 6.07) is 9.86. The maximum absolute atomic E-state index is 12.7. The molecule has 118 valence electrons. The Balaban J connectivity index is 2.04. The van der Waals surface area contributed by atoms with E-state index in [9.17, 15) is 8.42 Å². The molecule has 0 aliphatic carbocycles. The van der Waals surface area contributed by atoms with Crippen LogP contribution in [-0.2, 0) is 10.0 Å². The average molecular weight is 311 g/mol. The molecular weight excluding hydrogens is 286 g/mol. The van der Waals surface area contributed by atoms with Crippen molar-refractivity contribution in [3.63, 3.8) is 0 Å². The van der Waals surface area contributed by atoms with Gasteiger partial charge in [0.2, 0.25) is 10.0 Å². The van der Waals surface area contributed by atoms with Gasteiger partial charge in [-0.2, -0.15) is 4.31 Å². The lowest BCUT2D eigenvalue weighted by molar-refractivity contribution is 0.264. The molecule has 2 unspecified atom stereocenters. The zero-order valence-corrected chi connectivity index (χ0v) is 13.4. The summed E-state index contributed by atoms with van der Waals surface area (Å²) in [6.45, 7) is 2.72. The van der Waals surface area contributed by atoms with Gasteiger partial charge in [0.15, 0.2) is 0 Å². The maximum Gasteiger partial charge on any atom is 0.214 e. The third-order valence-electron chi connectivity index (χ3n) is 4.21. The van der Waals surface area contributed by atoms with Crippen molar-refractivity contribution in [3.05, 3.63) is 35.9 Å². The molecule has 4 nitrogen and oxygen atoms in total. The highest BCUT2D eigenvalue weighted by Crippen LogP contribution is 2.27. The SMILES string of the molecule is CC(CS(=O)(=O)N1CCCC1CCCO)c1ccccc1. The molecule has 1 aromatic carbocycles. The molecule has 0 radical (unpaired) electrons. The van der Waals surface area contributed by atoms with Crippen LogP contribution >= 0.6 is 0 Å². The summed E-state index contributed by atoms with van der Waals surface area (Å²) in [5, 5.41) is 8.94. The minimum absolute atomic E-state index is 0.00436. The molecule has 5 heteroatoms. The van der Waals surface area contributed by atoms with E-state index in [1.54, 1.807) is 4.31 Å². The van der Waals surface area contributed by atoms with Crippen molar-refractivity contribution in [3.8, 4) is 0 Å². The third kappa shape index (κ3) is 4.28. The lowest BCUT2D eigenvalue weighted by atomic mass is 10.0. The van der Waals surface area contributed by atoms with E-state index < -0.39 is 10.0 Å². The van der Waals surface area contributed by atoms with Gasteiger partial charge in [0, 0.05) is 19.2 Å². The van der Waals surface area contributed by atoms with Gasteiger partial charge in [-0.25, -0.2) is 8.42 Å². The van der Waals surface area contributed by atoms with Crippen LogP contribution < -0.4 is 0 Å². The number of aliphatic hydroxyl groups excluding tert-OH is 1. The molecule has 0 spiro atoms. The normalized spacial score (nSPS) is 21.5. The van der Waals surface area contributed by atoms with Crippen LogP contribution in [0.2, 0.25) is 0 Å². The van der Waals surface area contributed by atoms with Crippen molar-refractivity contribution < 1.29 is 13.5 Å². The quantitative estimate of drug-likeness (QED) is 0.841. The molecule has 2 atom stereocenters. The Labute approximate surface area is 127 Å². The standard InChI is InChI=1S/C16H25NO3S/c1-14(15-7-3-2-4-8-15)13-21(19,20)17-11-5-9-16(17)10-6-12-18/h2-4,7-8,14,16,18H,5-6,9-13H2,1H3. The number of sulfonamides is 1. The Morgan fingerprint density at radius 2 is 2.05 bits per heavy atom. The topological polar surface area (TPSA) is 57.6 Å². The molecule has 1 N–H and O–H groups in total. The van der Waals surface area contributed by atoms with Gasteiger partial charge in [0.25, 0.3) is 0 Å². The van der Waals surface area contributed by atoms with E-state index >= 15 is 0 Å². The molecule has 1 aromatic rings. The molecule has 0 amide bonds. The van der Waals surface area contributed by atoms with Crippen molar-refractivity contribution in [1.82, 2.24) is 4.31 Å². The number of rotatable bonds is 7. The highest BCUT2D eigenvalue weighted by Gasteiger charge is 2.34. The molecular formula is C16H25NO3S. The molecule has 1 aliphatic rings. The Morgan fingerprint density at radius 1 is 1.33 bits per heavy atom. The number of aliphatic hydroxyl groups is 1. The first-order valence-corrected chi connectivity index (χ1v) is 9.31. The van der Waals surface area contributed by atoms with Crippen LogP contribution in [0, 0.1) is 0 Å². The van der Waals surface area contributed by atoms with Crippen LogP contribution in [0.1, 0.15) is 44.1 Å². The molecule has 0 saturated carbocycles. The van der Waals surface area contributed by atoms with Gasteiger partial charge in [0.05, 0.1) is 5.75 Å². The van der Waals surface area contributed by atoms with Gasteiger partial charge >= 0.3 is 0 Å². The van der Waals surface area contributed by atoms with Gasteiger partial charge in [-0.3, -0.25) is 0 Å². The lowest BCUT2D eigenvalue weighted by Gasteiger charge is -2.25. The first-order chi connectivity index (χ1) is 10.0. The first-order valence-electron chi connectivity index (χ1n) is 7.70. The molecule has 0 aromatic heterocycles. The summed E-state index contributed by atoms with van der Waals surface area (Å²) in [6.07, 6.45) is 3.27. The van der Waals surface area contributed by atoms with E-state index in [0.29, 0.717) is 13.0 Å². The largest absolute Gasteiger partial charge is 0.396 e. The predicted molar refractivity (Wildman–Crippen MR) is 84.7 cm³/mol. The molecule has 1 aliphatic heterocycles. The lowest BCUT2D eigenvalue weighted by Crippen LogP contribution is -2.38. The fraction of sp³-hybridized carbons (Fsp3) is 0.625. The molecule has 0 bridgehead atoms. The van der Waals surface area contributed by atoms with Crippen molar-refractivity contribution >= 4 is 10.0 Å². The number of nitrogens with zero attached hydrogens (tertiary/aromatic N) is 1. The van der Waals surface area contributed by atoms with Gasteiger partial charge in [-0.1, -0.05) is 37.3 Å². The minimum Gasteiger partial charge on any atom is -0.396 e. The summed E-state index contributed by atoms with van der Waals surface area (Å²) >= 11 is 0. The van der Waals surface area contributed by atoms with Crippen LogP contribution in [0.25, 0.3) is 0 Å². The fourth-order valence-corrected chi connectivity index (χ4v) is 5.17. The zero-order valence-electron chi connectivity index (χ0n) is 12.6. The van der Waals surface area contributed by atoms with Crippen molar-refractivity contribution in [1.29, 1.82) is 0 Å². The third-order valence-corrected chi connectivity index (χ3v) is 6.32. The van der Waals surface area contributed by atoms with Crippen molar-refractivity contribution in [2.24, 2.45) is 0 Å². The number of hydrogen-bond donors (Lipinski definition) is 1. The Hall–Kier alpha value is -0.910. The van der Waals surface area contributed by atoms with Crippen LogP contribution in [0.5, 0.6) is 0 Å². The van der Waals surface area contributed by atoms with Gasteiger partial charge in [0.1, 0.15) is 0 Å². The summed E-state index contributed by atoms with van der Waals surface area (Å²) < 4.78 is 27.0. The molecule has 1 heterocycles. The Morgan fingerprint density at radius 3 is 2.71 bits per heavy atom. The average Bonchev–Trinajstić information content (AvgIpc) is 2.95. The Kier molecular flexibility index (Phi) is 5.79. The summed E-state index contributed by atoms with van der Waals surface area (Å²) in [7, 11) is -3.24. The van der Waals surface area contributed by atoms with Crippen molar-refractivity contribution in [2.75, 3.05) is 18.9 Å². The number of hydrogen-bond acceptors (Lipinski definition) is 3. The minimum atomic E-state index is -3.24. The second-order valence-corrected chi connectivity index (χ2v) is 7.83. The Bertz CT molecular complexity index is 530. The van der Waals surface area contributed by atoms with E-state index in [0.717, 1.165) is 24.8 Å². The van der Waals surface area contributed by atoms with E-state index in [1.807, 2.05) is 37.3 Å². The smallest absolute Gasteiger partial charge is 0.214 e. The van der Waals surface area contributed by atoms with E-state index in [4.69, 9.17) is 5.11 Å². The second kappa shape index (κ2) is 7.38. The molecule has 1 saturated heterocycles. The van der Waals surface area contributed by atoms with Crippen LogP contribution in [0.4, 0.5) is 0 Å². The molecule has 2 rings (SSSR count). The maximum atomic E-state index is 12.7. The zero-order chi connectivity index (χ0) is 15.3. The monoisotopic (exact) mass is 311 g/mol. The highest BCUT2D eigenvalue weighted by atomic mass is 32.2. The highest BCUT2D eigenvalue weighted by molar-refractivity contribution is 7.89. The van der Waals surface area contributed by atoms with Gasteiger partial charge in [-0.15, -0.1) is 0 Å². The summed E-state index contributed by atoms with van der Waals surface area (Å²) in [5.74, 6) is 0.155. The van der Waals surface area contributed by atoms with E-state index in [-0.39, 0.29) is 24.3 Å². The number of benzene rings is 1. The van der Waals surface area contributed by atoms with Gasteiger partial charge in [-0.05, 0) is 37.2 Å². The summed E-state index contributed by atoms with van der Waals surface area (Å²) in [4.78, 5) is 0. The van der Waals surface area contributed by atoms with Crippen molar-refractivity contribution in [2.45, 2.75) is 44.6 Å². The fourth-order valence-electron chi connectivity index (χ4n) is 3.08. The molecule has 21 heavy (non-hydrogen) atoms. The second-order valence-electron chi connectivity index (χ2n) is 5.86. The van der Waals surface area contributed by atoms with Crippen LogP contribution in [-0.4, -0.2) is 42.8 Å². The van der Waals surface area contributed by atoms with E-state index in [1.165, 1.54) is 0 Å². The molecule has 1 fully saturated rings. The van der Waals surface area contributed by atoms with Crippen LogP contribution in [0.3, 0.4) is 0 Å². The predicted octanol–water partition coefficient (Wildman–Crippen LogP) is 2.36. The van der Waals surface area contributed by atoms with Crippen LogP contribution in [0.15, 0.2) is 30.3 Å². The summed E-state index contributed by atoms with van der Waals surface area (Å²) in [5.41, 5.74) is 1.06. The van der Waals surface area contributed by atoms with Gasteiger partial charge < -0.3 is 5.11 Å². The van der Waals surface area contributed by atoms with E-state index in [2.05, 4.69) is 0 Å².